The van der Waals surface area contributed by atoms with Gasteiger partial charge in [0.1, 0.15) is 0 Å². The van der Waals surface area contributed by atoms with Gasteiger partial charge in [-0.1, -0.05) is 6.92 Å². The molecule has 1 saturated heterocycles. The van der Waals surface area contributed by atoms with Crippen molar-refractivity contribution in [2.45, 2.75) is 26.7 Å². The van der Waals surface area contributed by atoms with Gasteiger partial charge in [-0.25, -0.2) is 5.43 Å². The minimum Gasteiger partial charge on any atom is -0.303 e. The Hall–Kier alpha value is -0.900. The van der Waals surface area contributed by atoms with Crippen LogP contribution in [0.3, 0.4) is 0 Å². The van der Waals surface area contributed by atoms with Gasteiger partial charge in [-0.2, -0.15) is 5.10 Å². The number of rotatable bonds is 2. The van der Waals surface area contributed by atoms with Crippen molar-refractivity contribution in [2.24, 2.45) is 5.10 Å². The molecule has 0 atom stereocenters. The van der Waals surface area contributed by atoms with Crippen LogP contribution in [0.4, 0.5) is 0 Å². The molecule has 0 aromatic rings. The van der Waals surface area contributed by atoms with Gasteiger partial charge in [-0.3, -0.25) is 4.79 Å². The van der Waals surface area contributed by atoms with Gasteiger partial charge in [0.2, 0.25) is 5.91 Å². The second-order valence-electron chi connectivity index (χ2n) is 3.28. The molecule has 1 aliphatic rings. The van der Waals surface area contributed by atoms with E-state index in [9.17, 15) is 4.79 Å². The Bertz CT molecular complexity index is 203. The van der Waals surface area contributed by atoms with E-state index in [-0.39, 0.29) is 5.91 Å². The first kappa shape index (κ1) is 10.2. The Morgan fingerprint density at radius 2 is 2.15 bits per heavy atom. The molecule has 1 amide bonds. The molecule has 0 saturated carbocycles. The SMILES string of the molecule is CCN1CCC(=NNC(C)=O)CC1. The predicted octanol–water partition coefficient (Wildman–Crippen LogP) is 0.594. The maximum Gasteiger partial charge on any atom is 0.236 e. The highest BCUT2D eigenvalue weighted by Crippen LogP contribution is 2.05. The summed E-state index contributed by atoms with van der Waals surface area (Å²) in [5.41, 5.74) is 3.59. The molecule has 0 radical (unpaired) electrons. The van der Waals surface area contributed by atoms with Crippen LogP contribution in [0.25, 0.3) is 0 Å². The van der Waals surface area contributed by atoms with Crippen molar-refractivity contribution in [2.75, 3.05) is 19.6 Å². The van der Waals surface area contributed by atoms with Crippen LogP contribution < -0.4 is 5.43 Å². The highest BCUT2D eigenvalue weighted by Gasteiger charge is 2.12. The minimum absolute atomic E-state index is 0.0922. The summed E-state index contributed by atoms with van der Waals surface area (Å²) in [7, 11) is 0. The number of hydrogen-bond acceptors (Lipinski definition) is 3. The Balaban J connectivity index is 2.31. The third-order valence-electron chi connectivity index (χ3n) is 2.25. The molecule has 4 nitrogen and oxygen atoms in total. The number of nitrogens with one attached hydrogen (secondary N) is 1. The van der Waals surface area contributed by atoms with E-state index in [0.29, 0.717) is 0 Å². The fraction of sp³-hybridized carbons (Fsp3) is 0.778. The highest BCUT2D eigenvalue weighted by molar-refractivity contribution is 5.86. The lowest BCUT2D eigenvalue weighted by Gasteiger charge is -2.25. The van der Waals surface area contributed by atoms with Gasteiger partial charge in [0.15, 0.2) is 0 Å². The van der Waals surface area contributed by atoms with E-state index in [0.717, 1.165) is 38.2 Å². The largest absolute Gasteiger partial charge is 0.303 e. The lowest BCUT2D eigenvalue weighted by Crippen LogP contribution is -2.34. The average molecular weight is 183 g/mol. The first-order valence-corrected chi connectivity index (χ1v) is 4.76. The molecule has 1 aliphatic heterocycles. The molecular weight excluding hydrogens is 166 g/mol. The molecule has 13 heavy (non-hydrogen) atoms. The van der Waals surface area contributed by atoms with Crippen LogP contribution in [0, 0.1) is 0 Å². The van der Waals surface area contributed by atoms with E-state index in [2.05, 4.69) is 22.4 Å². The van der Waals surface area contributed by atoms with E-state index < -0.39 is 0 Å². The van der Waals surface area contributed by atoms with Crippen molar-refractivity contribution in [3.8, 4) is 0 Å². The van der Waals surface area contributed by atoms with Crippen molar-refractivity contribution in [3.05, 3.63) is 0 Å². The Kier molecular flexibility index (Phi) is 3.89. The molecule has 1 rings (SSSR count). The topological polar surface area (TPSA) is 44.7 Å². The fourth-order valence-corrected chi connectivity index (χ4v) is 1.40. The van der Waals surface area contributed by atoms with E-state index in [1.54, 1.807) is 0 Å². The summed E-state index contributed by atoms with van der Waals surface area (Å²) in [5, 5.41) is 4.04. The molecule has 4 heteroatoms. The molecule has 1 heterocycles. The first-order chi connectivity index (χ1) is 6.22. The average Bonchev–Trinajstić information content (AvgIpc) is 2.15. The lowest BCUT2D eigenvalue weighted by atomic mass is 10.1. The number of piperidine rings is 1. The van der Waals surface area contributed by atoms with Gasteiger partial charge in [-0.15, -0.1) is 0 Å². The zero-order valence-corrected chi connectivity index (χ0v) is 8.34. The Morgan fingerprint density at radius 3 is 2.62 bits per heavy atom. The third-order valence-corrected chi connectivity index (χ3v) is 2.25. The van der Waals surface area contributed by atoms with Gasteiger partial charge in [-0.05, 0) is 6.54 Å². The Labute approximate surface area is 79.0 Å². The molecule has 0 aromatic carbocycles. The zero-order chi connectivity index (χ0) is 9.68. The summed E-state index contributed by atoms with van der Waals surface area (Å²) in [6.45, 7) is 6.87. The number of hydrogen-bond donors (Lipinski definition) is 1. The van der Waals surface area contributed by atoms with Crippen LogP contribution >= 0.6 is 0 Å². The van der Waals surface area contributed by atoms with Crippen molar-refractivity contribution in [1.82, 2.24) is 10.3 Å². The zero-order valence-electron chi connectivity index (χ0n) is 8.34. The second-order valence-corrected chi connectivity index (χ2v) is 3.28. The van der Waals surface area contributed by atoms with Gasteiger partial charge in [0.25, 0.3) is 0 Å². The normalized spacial score (nSPS) is 18.5. The number of carbonyl (C=O) groups is 1. The van der Waals surface area contributed by atoms with Gasteiger partial charge < -0.3 is 4.90 Å². The second kappa shape index (κ2) is 4.97. The number of nitrogens with zero attached hydrogens (tertiary/aromatic N) is 2. The fourth-order valence-electron chi connectivity index (χ4n) is 1.40. The van der Waals surface area contributed by atoms with Crippen LogP contribution in [0.1, 0.15) is 26.7 Å². The van der Waals surface area contributed by atoms with Crippen molar-refractivity contribution < 1.29 is 4.79 Å². The van der Waals surface area contributed by atoms with Crippen LogP contribution in [0.15, 0.2) is 5.10 Å². The standard InChI is InChI=1S/C9H17N3O/c1-3-12-6-4-9(5-7-12)11-10-8(2)13/h3-7H2,1-2H3,(H,10,13). The molecule has 1 N–H and O–H groups in total. The lowest BCUT2D eigenvalue weighted by molar-refractivity contribution is -0.118. The van der Waals surface area contributed by atoms with E-state index in [4.69, 9.17) is 0 Å². The van der Waals surface area contributed by atoms with Crippen molar-refractivity contribution in [1.29, 1.82) is 0 Å². The molecule has 1 fully saturated rings. The summed E-state index contributed by atoms with van der Waals surface area (Å²) in [6.07, 6.45) is 1.96. The van der Waals surface area contributed by atoms with Crippen molar-refractivity contribution >= 4 is 11.6 Å². The number of carbonyl (C=O) groups excluding carboxylic acids is 1. The summed E-state index contributed by atoms with van der Waals surface area (Å²) in [6, 6.07) is 0. The van der Waals surface area contributed by atoms with Gasteiger partial charge in [0, 0.05) is 38.6 Å². The summed E-state index contributed by atoms with van der Waals surface area (Å²) < 4.78 is 0. The number of amides is 1. The minimum atomic E-state index is -0.0922. The first-order valence-electron chi connectivity index (χ1n) is 4.76. The predicted molar refractivity (Wildman–Crippen MR) is 52.6 cm³/mol. The maximum absolute atomic E-state index is 10.6. The van der Waals surface area contributed by atoms with E-state index >= 15 is 0 Å². The quantitative estimate of drug-likeness (QED) is 0.637. The molecular formula is C9H17N3O. The smallest absolute Gasteiger partial charge is 0.236 e. The molecule has 0 unspecified atom stereocenters. The summed E-state index contributed by atoms with van der Waals surface area (Å²) >= 11 is 0. The van der Waals surface area contributed by atoms with Crippen molar-refractivity contribution in [3.63, 3.8) is 0 Å². The monoisotopic (exact) mass is 183 g/mol. The van der Waals surface area contributed by atoms with E-state index in [1.165, 1.54) is 6.92 Å². The third kappa shape index (κ3) is 3.55. The number of likely N-dealkylation sites (tertiary alicyclic amines) is 1. The van der Waals surface area contributed by atoms with Gasteiger partial charge >= 0.3 is 0 Å². The van der Waals surface area contributed by atoms with Gasteiger partial charge in [0.05, 0.1) is 0 Å². The molecule has 0 aliphatic carbocycles. The van der Waals surface area contributed by atoms with E-state index in [1.807, 2.05) is 0 Å². The van der Waals surface area contributed by atoms with Crippen LogP contribution in [-0.2, 0) is 4.79 Å². The molecule has 0 bridgehead atoms. The molecule has 0 spiro atoms. The summed E-state index contributed by atoms with van der Waals surface area (Å²) in [4.78, 5) is 13.0. The summed E-state index contributed by atoms with van der Waals surface area (Å²) in [5.74, 6) is -0.0922. The van der Waals surface area contributed by atoms with Crippen LogP contribution in [0.2, 0.25) is 0 Å². The molecule has 0 aromatic heterocycles. The van der Waals surface area contributed by atoms with Crippen LogP contribution in [-0.4, -0.2) is 36.2 Å². The maximum atomic E-state index is 10.6. The van der Waals surface area contributed by atoms with Crippen LogP contribution in [0.5, 0.6) is 0 Å². The molecule has 74 valence electrons. The Morgan fingerprint density at radius 1 is 1.54 bits per heavy atom. The number of hydrazone groups is 1. The highest BCUT2D eigenvalue weighted by atomic mass is 16.2.